The molecule has 132 valence electrons. The summed E-state index contributed by atoms with van der Waals surface area (Å²) in [6.07, 6.45) is -0.423. The van der Waals surface area contributed by atoms with Gasteiger partial charge >= 0.3 is 6.09 Å². The molecule has 1 aliphatic rings. The van der Waals surface area contributed by atoms with E-state index < -0.39 is 23.4 Å². The summed E-state index contributed by atoms with van der Waals surface area (Å²) in [5.74, 6) is -0.453. The molecule has 25 heavy (non-hydrogen) atoms. The highest BCUT2D eigenvalue weighted by atomic mass is 19.1. The summed E-state index contributed by atoms with van der Waals surface area (Å²) in [4.78, 5) is 25.9. The van der Waals surface area contributed by atoms with Crippen LogP contribution >= 0.6 is 0 Å². The summed E-state index contributed by atoms with van der Waals surface area (Å²) in [7, 11) is 0. The Hall–Kier alpha value is -2.90. The summed E-state index contributed by atoms with van der Waals surface area (Å²) in [5, 5.41) is 9.59. The second-order valence-corrected chi connectivity index (χ2v) is 6.83. The molecule has 0 saturated heterocycles. The lowest BCUT2D eigenvalue weighted by Crippen LogP contribution is -2.33. The highest BCUT2D eigenvalue weighted by Gasteiger charge is 2.31. The highest BCUT2D eigenvalue weighted by molar-refractivity contribution is 6.04. The number of H-pyrrole nitrogens is 1. The van der Waals surface area contributed by atoms with Crippen molar-refractivity contribution in [2.24, 2.45) is 0 Å². The molecule has 3 rings (SSSR count). The van der Waals surface area contributed by atoms with Crippen molar-refractivity contribution in [1.82, 2.24) is 15.1 Å². The molecule has 0 radical (unpaired) electrons. The first-order chi connectivity index (χ1) is 11.7. The molecule has 1 aromatic heterocycles. The summed E-state index contributed by atoms with van der Waals surface area (Å²) < 4.78 is 18.3. The number of aromatic amines is 1. The molecule has 2 amide bonds. The number of hydrogen-bond donors (Lipinski definition) is 2. The first kappa shape index (κ1) is 16.9. The van der Waals surface area contributed by atoms with Gasteiger partial charge in [0.05, 0.1) is 18.8 Å². The molecule has 0 saturated carbocycles. The van der Waals surface area contributed by atoms with Gasteiger partial charge in [-0.3, -0.25) is 14.8 Å². The SMILES string of the molecule is CC(C)(C)OC(=O)N1Cc2[nH]nc(NC(=O)c3ccc(F)cc3)c2C1. The quantitative estimate of drug-likeness (QED) is 0.875. The van der Waals surface area contributed by atoms with Gasteiger partial charge in [-0.2, -0.15) is 5.10 Å². The molecule has 1 aliphatic heterocycles. The molecule has 0 bridgehead atoms. The Labute approximate surface area is 144 Å². The number of hydrogen-bond acceptors (Lipinski definition) is 4. The fourth-order valence-electron chi connectivity index (χ4n) is 2.48. The molecule has 2 aromatic rings. The number of ether oxygens (including phenoxy) is 1. The second kappa shape index (κ2) is 6.19. The number of halogens is 1. The Balaban J connectivity index is 1.69. The van der Waals surface area contributed by atoms with E-state index in [0.717, 1.165) is 11.3 Å². The molecule has 7 nitrogen and oxygen atoms in total. The third kappa shape index (κ3) is 3.78. The molecule has 2 N–H and O–H groups in total. The van der Waals surface area contributed by atoms with Crippen molar-refractivity contribution in [3.63, 3.8) is 0 Å². The first-order valence-electron chi connectivity index (χ1n) is 7.84. The molecule has 0 fully saturated rings. The number of fused-ring (bicyclic) bond motifs is 1. The van der Waals surface area contributed by atoms with Crippen LogP contribution < -0.4 is 5.32 Å². The van der Waals surface area contributed by atoms with Crippen LogP contribution in [0.15, 0.2) is 24.3 Å². The number of nitrogens with zero attached hydrogens (tertiary/aromatic N) is 2. The predicted octanol–water partition coefficient (Wildman–Crippen LogP) is 3.05. The zero-order chi connectivity index (χ0) is 18.2. The van der Waals surface area contributed by atoms with Gasteiger partial charge < -0.3 is 10.1 Å². The second-order valence-electron chi connectivity index (χ2n) is 6.83. The lowest BCUT2D eigenvalue weighted by atomic mass is 10.2. The van der Waals surface area contributed by atoms with Gasteiger partial charge in [-0.25, -0.2) is 9.18 Å². The maximum Gasteiger partial charge on any atom is 0.410 e. The summed E-state index contributed by atoms with van der Waals surface area (Å²) in [6, 6.07) is 5.22. The average Bonchev–Trinajstić information content (AvgIpc) is 3.08. The van der Waals surface area contributed by atoms with E-state index in [1.807, 2.05) is 0 Å². The largest absolute Gasteiger partial charge is 0.444 e. The van der Waals surface area contributed by atoms with Crippen molar-refractivity contribution in [3.05, 3.63) is 46.9 Å². The van der Waals surface area contributed by atoms with Crippen LogP contribution in [0.25, 0.3) is 0 Å². The molecular formula is C17H19FN4O3. The van der Waals surface area contributed by atoms with Crippen LogP contribution in [0.1, 0.15) is 42.4 Å². The van der Waals surface area contributed by atoms with Crippen molar-refractivity contribution in [3.8, 4) is 0 Å². The molecule has 8 heteroatoms. The van der Waals surface area contributed by atoms with Crippen LogP contribution in [0.2, 0.25) is 0 Å². The van der Waals surface area contributed by atoms with Crippen molar-refractivity contribution >= 4 is 17.8 Å². The van der Waals surface area contributed by atoms with Crippen LogP contribution in [-0.4, -0.2) is 32.7 Å². The monoisotopic (exact) mass is 346 g/mol. The molecule has 0 aliphatic carbocycles. The zero-order valence-electron chi connectivity index (χ0n) is 14.2. The van der Waals surface area contributed by atoms with Crippen LogP contribution in [0.3, 0.4) is 0 Å². The Morgan fingerprint density at radius 3 is 2.56 bits per heavy atom. The minimum atomic E-state index is -0.578. The van der Waals surface area contributed by atoms with Gasteiger partial charge in [0.15, 0.2) is 5.82 Å². The summed E-state index contributed by atoms with van der Waals surface area (Å²) in [5.41, 5.74) is 1.23. The van der Waals surface area contributed by atoms with E-state index in [-0.39, 0.29) is 0 Å². The smallest absolute Gasteiger partial charge is 0.410 e. The van der Waals surface area contributed by atoms with Gasteiger partial charge in [0, 0.05) is 11.1 Å². The first-order valence-corrected chi connectivity index (χ1v) is 7.84. The number of carbonyl (C=O) groups excluding carboxylic acids is 2. The van der Waals surface area contributed by atoms with Crippen LogP contribution in [0, 0.1) is 5.82 Å². The highest BCUT2D eigenvalue weighted by Crippen LogP contribution is 2.28. The summed E-state index contributed by atoms with van der Waals surface area (Å²) >= 11 is 0. The lowest BCUT2D eigenvalue weighted by Gasteiger charge is -2.24. The number of carbonyl (C=O) groups is 2. The van der Waals surface area contributed by atoms with Crippen molar-refractivity contribution in [2.45, 2.75) is 39.5 Å². The third-order valence-corrected chi connectivity index (χ3v) is 3.64. The van der Waals surface area contributed by atoms with E-state index in [1.54, 1.807) is 20.8 Å². The number of nitrogens with one attached hydrogen (secondary N) is 2. The molecule has 1 aromatic carbocycles. The fourth-order valence-corrected chi connectivity index (χ4v) is 2.48. The van der Waals surface area contributed by atoms with E-state index >= 15 is 0 Å². The van der Waals surface area contributed by atoms with Crippen LogP contribution in [0.4, 0.5) is 15.0 Å². The maximum atomic E-state index is 12.9. The van der Waals surface area contributed by atoms with E-state index in [4.69, 9.17) is 4.74 Å². The molecule has 0 spiro atoms. The Kier molecular flexibility index (Phi) is 4.20. The third-order valence-electron chi connectivity index (χ3n) is 3.64. The van der Waals surface area contributed by atoms with E-state index in [1.165, 1.54) is 29.2 Å². The van der Waals surface area contributed by atoms with Gasteiger partial charge in [0.1, 0.15) is 11.4 Å². The lowest BCUT2D eigenvalue weighted by molar-refractivity contribution is 0.0240. The Morgan fingerprint density at radius 1 is 1.24 bits per heavy atom. The number of aromatic nitrogens is 2. The van der Waals surface area contributed by atoms with E-state index in [0.29, 0.717) is 24.5 Å². The van der Waals surface area contributed by atoms with Crippen molar-refractivity contribution < 1.29 is 18.7 Å². The van der Waals surface area contributed by atoms with E-state index in [9.17, 15) is 14.0 Å². The zero-order valence-corrected chi connectivity index (χ0v) is 14.2. The van der Waals surface area contributed by atoms with E-state index in [2.05, 4.69) is 15.5 Å². The normalized spacial score (nSPS) is 13.5. The van der Waals surface area contributed by atoms with Crippen molar-refractivity contribution in [2.75, 3.05) is 5.32 Å². The number of benzene rings is 1. The van der Waals surface area contributed by atoms with Gasteiger partial charge in [0.2, 0.25) is 0 Å². The molecule has 0 atom stereocenters. The minimum Gasteiger partial charge on any atom is -0.444 e. The minimum absolute atomic E-state index is 0.291. The molecule has 2 heterocycles. The maximum absolute atomic E-state index is 12.9. The predicted molar refractivity (Wildman–Crippen MR) is 88.4 cm³/mol. The van der Waals surface area contributed by atoms with Gasteiger partial charge in [-0.15, -0.1) is 0 Å². The number of anilines is 1. The number of rotatable bonds is 2. The number of amides is 2. The fraction of sp³-hybridized carbons (Fsp3) is 0.353. The summed E-state index contributed by atoms with van der Waals surface area (Å²) in [6.45, 7) is 6.03. The topological polar surface area (TPSA) is 87.3 Å². The van der Waals surface area contributed by atoms with Crippen LogP contribution in [-0.2, 0) is 17.8 Å². The Morgan fingerprint density at radius 2 is 1.92 bits per heavy atom. The Bertz CT molecular complexity index is 808. The van der Waals surface area contributed by atoms with Gasteiger partial charge in [0.25, 0.3) is 5.91 Å². The molecule has 0 unspecified atom stereocenters. The standard InChI is InChI=1S/C17H19FN4O3/c1-17(2,3)25-16(24)22-8-12-13(9-22)20-21-14(12)19-15(23)10-4-6-11(18)7-5-10/h4-7H,8-9H2,1-3H3,(H2,19,20,21,23). The van der Waals surface area contributed by atoms with Crippen molar-refractivity contribution in [1.29, 1.82) is 0 Å². The van der Waals surface area contributed by atoms with Crippen LogP contribution in [0.5, 0.6) is 0 Å². The van der Waals surface area contributed by atoms with Gasteiger partial charge in [-0.1, -0.05) is 0 Å². The van der Waals surface area contributed by atoms with Gasteiger partial charge in [-0.05, 0) is 45.0 Å². The average molecular weight is 346 g/mol. The molecular weight excluding hydrogens is 327 g/mol.